The standard InChI is InChI=1S/C15H25N3O/c1-4-17-15(2,14(16)19)12-18(3)11-10-13-8-6-5-7-9-13/h5-9,17H,4,10-12H2,1-3H3,(H2,16,19). The van der Waals surface area contributed by atoms with E-state index in [0.717, 1.165) is 19.5 Å². The average Bonchev–Trinajstić information content (AvgIpc) is 2.37. The first-order chi connectivity index (χ1) is 8.98. The quantitative estimate of drug-likeness (QED) is 0.736. The maximum absolute atomic E-state index is 11.6. The fourth-order valence-corrected chi connectivity index (χ4v) is 2.19. The monoisotopic (exact) mass is 263 g/mol. The third-order valence-electron chi connectivity index (χ3n) is 3.32. The van der Waals surface area contributed by atoms with Gasteiger partial charge < -0.3 is 16.0 Å². The van der Waals surface area contributed by atoms with Gasteiger partial charge in [-0.2, -0.15) is 0 Å². The molecule has 1 atom stereocenters. The number of primary amides is 1. The van der Waals surface area contributed by atoms with E-state index < -0.39 is 5.54 Å². The third kappa shape index (κ3) is 5.01. The largest absolute Gasteiger partial charge is 0.368 e. The Hall–Kier alpha value is -1.39. The normalized spacial score (nSPS) is 14.3. The summed E-state index contributed by atoms with van der Waals surface area (Å²) in [6, 6.07) is 10.3. The van der Waals surface area contributed by atoms with E-state index in [2.05, 4.69) is 22.3 Å². The second-order valence-corrected chi connectivity index (χ2v) is 5.20. The first-order valence-electron chi connectivity index (χ1n) is 6.75. The molecule has 1 amide bonds. The summed E-state index contributed by atoms with van der Waals surface area (Å²) in [4.78, 5) is 13.7. The summed E-state index contributed by atoms with van der Waals surface area (Å²) in [7, 11) is 2.02. The van der Waals surface area contributed by atoms with Gasteiger partial charge in [0.25, 0.3) is 0 Å². The lowest BCUT2D eigenvalue weighted by Crippen LogP contribution is -2.59. The van der Waals surface area contributed by atoms with Crippen molar-refractivity contribution in [3.05, 3.63) is 35.9 Å². The van der Waals surface area contributed by atoms with Gasteiger partial charge in [-0.15, -0.1) is 0 Å². The number of hydrogen-bond acceptors (Lipinski definition) is 3. The van der Waals surface area contributed by atoms with Crippen LogP contribution in [0, 0.1) is 0 Å². The molecule has 0 heterocycles. The highest BCUT2D eigenvalue weighted by Crippen LogP contribution is 2.07. The van der Waals surface area contributed by atoms with E-state index in [-0.39, 0.29) is 5.91 Å². The highest BCUT2D eigenvalue weighted by atomic mass is 16.1. The van der Waals surface area contributed by atoms with Crippen LogP contribution in [0.1, 0.15) is 19.4 Å². The van der Waals surface area contributed by atoms with Crippen molar-refractivity contribution in [2.45, 2.75) is 25.8 Å². The van der Waals surface area contributed by atoms with E-state index in [1.54, 1.807) is 0 Å². The summed E-state index contributed by atoms with van der Waals surface area (Å²) in [5.74, 6) is -0.305. The van der Waals surface area contributed by atoms with Gasteiger partial charge in [-0.25, -0.2) is 0 Å². The highest BCUT2D eigenvalue weighted by molar-refractivity contribution is 5.84. The molecule has 0 fully saturated rings. The molecule has 0 saturated heterocycles. The van der Waals surface area contributed by atoms with E-state index >= 15 is 0 Å². The van der Waals surface area contributed by atoms with E-state index in [9.17, 15) is 4.79 Å². The Morgan fingerprint density at radius 2 is 2.00 bits per heavy atom. The van der Waals surface area contributed by atoms with Crippen LogP contribution in [0.4, 0.5) is 0 Å². The predicted octanol–water partition coefficient (Wildman–Crippen LogP) is 1.01. The van der Waals surface area contributed by atoms with Crippen LogP contribution < -0.4 is 11.1 Å². The van der Waals surface area contributed by atoms with Gasteiger partial charge in [-0.05, 0) is 32.5 Å². The van der Waals surface area contributed by atoms with Crippen LogP contribution >= 0.6 is 0 Å². The summed E-state index contributed by atoms with van der Waals surface area (Å²) in [5.41, 5.74) is 6.12. The van der Waals surface area contributed by atoms with Crippen molar-refractivity contribution in [1.29, 1.82) is 0 Å². The number of hydrogen-bond donors (Lipinski definition) is 2. The first kappa shape index (κ1) is 15.7. The van der Waals surface area contributed by atoms with Crippen molar-refractivity contribution in [3.8, 4) is 0 Å². The second kappa shape index (κ2) is 7.26. The lowest BCUT2D eigenvalue weighted by Gasteiger charge is -2.31. The highest BCUT2D eigenvalue weighted by Gasteiger charge is 2.31. The first-order valence-corrected chi connectivity index (χ1v) is 6.75. The Morgan fingerprint density at radius 1 is 1.37 bits per heavy atom. The van der Waals surface area contributed by atoms with Crippen molar-refractivity contribution in [3.63, 3.8) is 0 Å². The number of rotatable bonds is 8. The number of nitrogens with one attached hydrogen (secondary N) is 1. The van der Waals surface area contributed by atoms with Gasteiger partial charge in [0.2, 0.25) is 5.91 Å². The molecule has 4 heteroatoms. The Bertz CT molecular complexity index is 394. The zero-order chi connectivity index (χ0) is 14.3. The summed E-state index contributed by atoms with van der Waals surface area (Å²) < 4.78 is 0. The summed E-state index contributed by atoms with van der Waals surface area (Å²) in [6.07, 6.45) is 0.971. The SMILES string of the molecule is CCNC(C)(CN(C)CCc1ccccc1)C(N)=O. The second-order valence-electron chi connectivity index (χ2n) is 5.20. The number of nitrogens with two attached hydrogens (primary N) is 1. The molecule has 3 N–H and O–H groups in total. The van der Waals surface area contributed by atoms with Crippen LogP contribution in [0.15, 0.2) is 30.3 Å². The van der Waals surface area contributed by atoms with Gasteiger partial charge in [-0.3, -0.25) is 4.79 Å². The fraction of sp³-hybridized carbons (Fsp3) is 0.533. The minimum Gasteiger partial charge on any atom is -0.368 e. The molecular formula is C15H25N3O. The van der Waals surface area contributed by atoms with Crippen LogP contribution in [0.3, 0.4) is 0 Å². The number of carbonyl (C=O) groups excluding carboxylic acids is 1. The number of amides is 1. The predicted molar refractivity (Wildman–Crippen MR) is 78.9 cm³/mol. The molecule has 1 rings (SSSR count). The molecule has 0 saturated carbocycles. The van der Waals surface area contributed by atoms with Crippen molar-refractivity contribution in [2.24, 2.45) is 5.73 Å². The van der Waals surface area contributed by atoms with Crippen LogP contribution in [0.5, 0.6) is 0 Å². The van der Waals surface area contributed by atoms with Crippen LogP contribution in [0.25, 0.3) is 0 Å². The minimum absolute atomic E-state index is 0.305. The van der Waals surface area contributed by atoms with Gasteiger partial charge in [-0.1, -0.05) is 37.3 Å². The maximum atomic E-state index is 11.6. The summed E-state index contributed by atoms with van der Waals surface area (Å²) >= 11 is 0. The number of nitrogens with zero attached hydrogens (tertiary/aromatic N) is 1. The number of carbonyl (C=O) groups is 1. The minimum atomic E-state index is -0.666. The molecule has 0 aliphatic rings. The molecule has 1 unspecified atom stereocenters. The molecular weight excluding hydrogens is 238 g/mol. The molecule has 19 heavy (non-hydrogen) atoms. The number of benzene rings is 1. The van der Waals surface area contributed by atoms with Crippen LogP contribution in [-0.2, 0) is 11.2 Å². The average molecular weight is 263 g/mol. The topological polar surface area (TPSA) is 58.4 Å². The van der Waals surface area contributed by atoms with E-state index in [4.69, 9.17) is 5.73 Å². The summed E-state index contributed by atoms with van der Waals surface area (Å²) in [5, 5.41) is 3.17. The van der Waals surface area contributed by atoms with Gasteiger partial charge in [0.05, 0.1) is 0 Å². The lowest BCUT2D eigenvalue weighted by molar-refractivity contribution is -0.124. The molecule has 4 nitrogen and oxygen atoms in total. The zero-order valence-electron chi connectivity index (χ0n) is 12.1. The van der Waals surface area contributed by atoms with E-state index in [1.165, 1.54) is 5.56 Å². The Morgan fingerprint density at radius 3 is 2.53 bits per heavy atom. The van der Waals surface area contributed by atoms with Gasteiger partial charge >= 0.3 is 0 Å². The number of likely N-dealkylation sites (N-methyl/N-ethyl adjacent to an activating group) is 2. The molecule has 1 aromatic rings. The van der Waals surface area contributed by atoms with Gasteiger partial charge in [0.15, 0.2) is 0 Å². The fourth-order valence-electron chi connectivity index (χ4n) is 2.19. The Labute approximate surface area is 116 Å². The van der Waals surface area contributed by atoms with Crippen molar-refractivity contribution < 1.29 is 4.79 Å². The molecule has 0 radical (unpaired) electrons. The van der Waals surface area contributed by atoms with Crippen molar-refractivity contribution in [1.82, 2.24) is 10.2 Å². The van der Waals surface area contributed by atoms with Crippen LogP contribution in [0.2, 0.25) is 0 Å². The summed E-state index contributed by atoms with van der Waals surface area (Å²) in [6.45, 7) is 6.08. The molecule has 106 valence electrons. The van der Waals surface area contributed by atoms with E-state index in [1.807, 2.05) is 39.1 Å². The molecule has 1 aromatic carbocycles. The van der Waals surface area contributed by atoms with E-state index in [0.29, 0.717) is 6.54 Å². The maximum Gasteiger partial charge on any atom is 0.238 e. The van der Waals surface area contributed by atoms with Gasteiger partial charge in [0.1, 0.15) is 5.54 Å². The lowest BCUT2D eigenvalue weighted by atomic mass is 10.0. The van der Waals surface area contributed by atoms with Gasteiger partial charge in [0, 0.05) is 13.1 Å². The smallest absolute Gasteiger partial charge is 0.238 e. The Balaban J connectivity index is 2.49. The molecule has 0 aromatic heterocycles. The van der Waals surface area contributed by atoms with Crippen LogP contribution in [-0.4, -0.2) is 43.0 Å². The Kier molecular flexibility index (Phi) is 5.99. The van der Waals surface area contributed by atoms with Crippen molar-refractivity contribution >= 4 is 5.91 Å². The molecule has 0 spiro atoms. The zero-order valence-corrected chi connectivity index (χ0v) is 12.1. The molecule has 0 bridgehead atoms. The molecule has 0 aliphatic carbocycles. The van der Waals surface area contributed by atoms with Crippen molar-refractivity contribution in [2.75, 3.05) is 26.7 Å². The molecule has 0 aliphatic heterocycles. The third-order valence-corrected chi connectivity index (χ3v) is 3.32.